The van der Waals surface area contributed by atoms with E-state index in [9.17, 15) is 14.7 Å². The van der Waals surface area contributed by atoms with Gasteiger partial charge in [-0.05, 0) is 48.5 Å². The second-order valence-corrected chi connectivity index (χ2v) is 7.84. The number of rotatable bonds is 4. The van der Waals surface area contributed by atoms with Crippen LogP contribution in [0.2, 0.25) is 0 Å². The molecule has 4 rings (SSSR count). The zero-order chi connectivity index (χ0) is 20.5. The molecule has 0 unspecified atom stereocenters. The van der Waals surface area contributed by atoms with Gasteiger partial charge in [0.05, 0.1) is 34.5 Å². The first-order chi connectivity index (χ1) is 14.0. The highest BCUT2D eigenvalue weighted by Crippen LogP contribution is 2.36. The summed E-state index contributed by atoms with van der Waals surface area (Å²) in [6.45, 7) is 0. The minimum Gasteiger partial charge on any atom is -0.497 e. The highest BCUT2D eigenvalue weighted by molar-refractivity contribution is 8.27. The van der Waals surface area contributed by atoms with Crippen molar-refractivity contribution in [3.8, 4) is 5.75 Å². The Balaban J connectivity index is 1.66. The molecule has 8 heteroatoms. The summed E-state index contributed by atoms with van der Waals surface area (Å²) in [7, 11) is 1.61. The molecule has 6 nitrogen and oxygen atoms in total. The third-order valence-electron chi connectivity index (χ3n) is 4.34. The fraction of sp³-hybridized carbons (Fsp3) is 0.0476. The predicted molar refractivity (Wildman–Crippen MR) is 117 cm³/mol. The summed E-state index contributed by atoms with van der Waals surface area (Å²) in [5.41, 5.74) is 1.92. The molecule has 0 atom stereocenters. The maximum absolute atomic E-state index is 12.9. The van der Waals surface area contributed by atoms with Crippen molar-refractivity contribution in [3.63, 3.8) is 0 Å². The number of aromatic nitrogens is 1. The summed E-state index contributed by atoms with van der Waals surface area (Å²) >= 11 is 6.51. The van der Waals surface area contributed by atoms with E-state index in [0.717, 1.165) is 28.4 Å². The molecule has 0 spiro atoms. The van der Waals surface area contributed by atoms with Crippen molar-refractivity contribution in [1.82, 2.24) is 4.98 Å². The van der Waals surface area contributed by atoms with Gasteiger partial charge in [0.15, 0.2) is 4.32 Å². The largest absolute Gasteiger partial charge is 0.497 e. The molecule has 0 saturated carbocycles. The highest BCUT2D eigenvalue weighted by atomic mass is 32.2. The number of thiocarbonyl (C=S) groups is 1. The van der Waals surface area contributed by atoms with Crippen LogP contribution in [0.15, 0.2) is 59.5 Å². The summed E-state index contributed by atoms with van der Waals surface area (Å²) in [5, 5.41) is 10.1. The van der Waals surface area contributed by atoms with Gasteiger partial charge in [-0.1, -0.05) is 36.1 Å². The fourth-order valence-electron chi connectivity index (χ4n) is 2.93. The molecule has 1 aliphatic heterocycles. The number of aromatic carboxylic acids is 1. The van der Waals surface area contributed by atoms with E-state index in [4.69, 9.17) is 17.0 Å². The number of pyridine rings is 1. The number of nitrogens with zero attached hydrogens (tertiary/aromatic N) is 2. The number of carboxylic acids is 1. The first kappa shape index (κ1) is 19.1. The fourth-order valence-corrected chi connectivity index (χ4v) is 4.21. The average molecular weight is 422 g/mol. The Kier molecular flexibility index (Phi) is 5.04. The number of anilines is 1. The second kappa shape index (κ2) is 7.65. The number of thioether (sulfide) groups is 1. The number of benzene rings is 2. The number of amides is 1. The van der Waals surface area contributed by atoms with Gasteiger partial charge in [0, 0.05) is 5.39 Å². The standard InChI is InChI=1S/C21H14N2O4S2/c1-27-16-7-8-17-12(10-16)5-6-14(22-17)11-18-19(24)23(21(28)29-18)15-4-2-3-13(9-15)20(25)26/h2-11H,1H3,(H,25,26)/b18-11+. The van der Waals surface area contributed by atoms with Crippen LogP contribution in [0.5, 0.6) is 5.75 Å². The molecule has 0 aliphatic carbocycles. The van der Waals surface area contributed by atoms with E-state index in [1.165, 1.54) is 17.0 Å². The molecule has 1 saturated heterocycles. The van der Waals surface area contributed by atoms with Gasteiger partial charge in [-0.15, -0.1) is 0 Å². The van der Waals surface area contributed by atoms with Gasteiger partial charge in [-0.3, -0.25) is 9.69 Å². The summed E-state index contributed by atoms with van der Waals surface area (Å²) < 4.78 is 5.56. The molecule has 2 heterocycles. The third kappa shape index (κ3) is 3.72. The third-order valence-corrected chi connectivity index (χ3v) is 5.64. The zero-order valence-corrected chi connectivity index (χ0v) is 16.8. The maximum Gasteiger partial charge on any atom is 0.335 e. The number of ether oxygens (including phenoxy) is 1. The van der Waals surface area contributed by atoms with Gasteiger partial charge in [-0.25, -0.2) is 9.78 Å². The van der Waals surface area contributed by atoms with Crippen LogP contribution in [0.25, 0.3) is 17.0 Å². The van der Waals surface area contributed by atoms with E-state index < -0.39 is 5.97 Å². The lowest BCUT2D eigenvalue weighted by atomic mass is 10.2. The van der Waals surface area contributed by atoms with E-state index in [1.807, 2.05) is 30.3 Å². The smallest absolute Gasteiger partial charge is 0.335 e. The Bertz CT molecular complexity index is 1210. The van der Waals surface area contributed by atoms with E-state index in [1.54, 1.807) is 25.3 Å². The minimum atomic E-state index is -1.06. The van der Waals surface area contributed by atoms with Crippen molar-refractivity contribution in [3.05, 3.63) is 70.8 Å². The summed E-state index contributed by atoms with van der Waals surface area (Å²) in [6, 6.07) is 15.4. The number of fused-ring (bicyclic) bond motifs is 1. The van der Waals surface area contributed by atoms with Gasteiger partial charge in [0.2, 0.25) is 0 Å². The molecule has 1 N–H and O–H groups in total. The second-order valence-electron chi connectivity index (χ2n) is 6.17. The Morgan fingerprint density at radius 1 is 1.21 bits per heavy atom. The zero-order valence-electron chi connectivity index (χ0n) is 15.2. The number of carbonyl (C=O) groups is 2. The van der Waals surface area contributed by atoms with Crippen LogP contribution in [0.1, 0.15) is 16.1 Å². The molecular weight excluding hydrogens is 408 g/mol. The van der Waals surface area contributed by atoms with Crippen molar-refractivity contribution in [2.24, 2.45) is 0 Å². The molecule has 1 aliphatic rings. The molecule has 29 heavy (non-hydrogen) atoms. The molecule has 3 aromatic rings. The van der Waals surface area contributed by atoms with Gasteiger partial charge in [0.25, 0.3) is 5.91 Å². The first-order valence-corrected chi connectivity index (χ1v) is 9.75. The van der Waals surface area contributed by atoms with Crippen LogP contribution in [0.3, 0.4) is 0 Å². The van der Waals surface area contributed by atoms with Crippen LogP contribution in [-0.2, 0) is 4.79 Å². The van der Waals surface area contributed by atoms with Gasteiger partial charge < -0.3 is 9.84 Å². The highest BCUT2D eigenvalue weighted by Gasteiger charge is 2.33. The van der Waals surface area contributed by atoms with Gasteiger partial charge in [0.1, 0.15) is 5.75 Å². The molecule has 0 bridgehead atoms. The Hall–Kier alpha value is -3.23. The lowest BCUT2D eigenvalue weighted by molar-refractivity contribution is -0.113. The van der Waals surface area contributed by atoms with E-state index in [-0.39, 0.29) is 11.5 Å². The van der Waals surface area contributed by atoms with Crippen LogP contribution in [-0.4, -0.2) is 33.4 Å². The van der Waals surface area contributed by atoms with E-state index in [2.05, 4.69) is 4.98 Å². The van der Waals surface area contributed by atoms with Crippen LogP contribution < -0.4 is 9.64 Å². The molecule has 2 aromatic carbocycles. The van der Waals surface area contributed by atoms with Crippen molar-refractivity contribution in [2.45, 2.75) is 0 Å². The summed E-state index contributed by atoms with van der Waals surface area (Å²) in [5.74, 6) is -0.625. The molecular formula is C21H14N2O4S2. The minimum absolute atomic E-state index is 0.0900. The molecule has 144 valence electrons. The number of carbonyl (C=O) groups excluding carboxylic acids is 1. The molecule has 1 amide bonds. The molecule has 1 aromatic heterocycles. The first-order valence-electron chi connectivity index (χ1n) is 8.52. The maximum atomic E-state index is 12.9. The monoisotopic (exact) mass is 422 g/mol. The normalized spacial score (nSPS) is 15.3. The van der Waals surface area contributed by atoms with Crippen molar-refractivity contribution in [1.29, 1.82) is 0 Å². The Morgan fingerprint density at radius 3 is 2.79 bits per heavy atom. The van der Waals surface area contributed by atoms with Crippen LogP contribution >= 0.6 is 24.0 Å². The Morgan fingerprint density at radius 2 is 2.03 bits per heavy atom. The van der Waals surface area contributed by atoms with Crippen molar-refractivity contribution in [2.75, 3.05) is 12.0 Å². The van der Waals surface area contributed by atoms with Gasteiger partial charge >= 0.3 is 5.97 Å². The number of hydrogen-bond acceptors (Lipinski definition) is 6. The average Bonchev–Trinajstić information content (AvgIpc) is 3.00. The topological polar surface area (TPSA) is 79.7 Å². The van der Waals surface area contributed by atoms with Crippen LogP contribution in [0.4, 0.5) is 5.69 Å². The lowest BCUT2D eigenvalue weighted by Gasteiger charge is -2.14. The quantitative estimate of drug-likeness (QED) is 0.495. The number of carboxylic acid groups (broad SMARTS) is 1. The number of methoxy groups -OCH3 is 1. The molecule has 1 fully saturated rings. The van der Waals surface area contributed by atoms with Crippen LogP contribution in [0, 0.1) is 0 Å². The number of hydrogen-bond donors (Lipinski definition) is 1. The predicted octanol–water partition coefficient (Wildman–Crippen LogP) is 4.35. The SMILES string of the molecule is COc1ccc2nc(/C=C3/SC(=S)N(c4cccc(C(=O)O)c4)C3=O)ccc2c1. The van der Waals surface area contributed by atoms with Gasteiger partial charge in [-0.2, -0.15) is 0 Å². The summed E-state index contributed by atoms with van der Waals surface area (Å²) in [6.07, 6.45) is 1.68. The van der Waals surface area contributed by atoms with Crippen molar-refractivity contribution < 1.29 is 19.4 Å². The summed E-state index contributed by atoms with van der Waals surface area (Å²) in [4.78, 5) is 30.5. The van der Waals surface area contributed by atoms with Crippen molar-refractivity contribution >= 4 is 62.8 Å². The lowest BCUT2D eigenvalue weighted by Crippen LogP contribution is -2.27. The van der Waals surface area contributed by atoms with E-state index in [0.29, 0.717) is 20.6 Å². The Labute approximate surface area is 175 Å². The molecule has 0 radical (unpaired) electrons. The van der Waals surface area contributed by atoms with E-state index >= 15 is 0 Å².